The molecule has 0 aliphatic rings. The van der Waals surface area contributed by atoms with Gasteiger partial charge in [0.1, 0.15) is 11.5 Å². The topological polar surface area (TPSA) is 67.2 Å². The van der Waals surface area contributed by atoms with E-state index < -0.39 is 0 Å². The van der Waals surface area contributed by atoms with Crippen LogP contribution < -0.4 is 10.7 Å². The van der Waals surface area contributed by atoms with Crippen molar-refractivity contribution in [1.29, 1.82) is 0 Å². The number of fused-ring (bicyclic) bond motifs is 1. The monoisotopic (exact) mass is 357 g/mol. The maximum atomic E-state index is 13.0. The molecule has 5 heteroatoms. The van der Waals surface area contributed by atoms with Crippen LogP contribution in [0.1, 0.15) is 11.3 Å². The third-order valence-electron chi connectivity index (χ3n) is 4.46. The van der Waals surface area contributed by atoms with Crippen molar-refractivity contribution >= 4 is 22.5 Å². The number of aliphatic hydroxyl groups excluding tert-OH is 1. The van der Waals surface area contributed by atoms with Crippen molar-refractivity contribution < 1.29 is 5.11 Å². The molecule has 0 saturated carbocycles. The Morgan fingerprint density at radius 1 is 0.963 bits per heavy atom. The SMILES string of the molecule is Cc1ccc2c(=O)c(CO)c(Nc3ccccc3)n(-c3ccccc3)c2n1. The number of anilines is 2. The first-order valence-electron chi connectivity index (χ1n) is 8.72. The van der Waals surface area contributed by atoms with Gasteiger partial charge in [0, 0.05) is 17.1 Å². The summed E-state index contributed by atoms with van der Waals surface area (Å²) in [5.74, 6) is 0.519. The lowest BCUT2D eigenvalue weighted by molar-refractivity contribution is 0.281. The quantitative estimate of drug-likeness (QED) is 0.581. The highest BCUT2D eigenvalue weighted by atomic mass is 16.3. The predicted octanol–water partition coefficient (Wildman–Crippen LogP) is 3.93. The molecular weight excluding hydrogens is 338 g/mol. The van der Waals surface area contributed by atoms with Crippen LogP contribution in [0, 0.1) is 6.92 Å². The highest BCUT2D eigenvalue weighted by molar-refractivity contribution is 5.83. The van der Waals surface area contributed by atoms with Gasteiger partial charge in [0.2, 0.25) is 0 Å². The molecule has 2 aromatic heterocycles. The fraction of sp³-hybridized carbons (Fsp3) is 0.0909. The van der Waals surface area contributed by atoms with Crippen molar-refractivity contribution in [3.8, 4) is 5.69 Å². The summed E-state index contributed by atoms with van der Waals surface area (Å²) in [4.78, 5) is 17.6. The number of hydrogen-bond donors (Lipinski definition) is 2. The van der Waals surface area contributed by atoms with Crippen molar-refractivity contribution in [3.05, 3.63) is 94.3 Å². The Bertz CT molecular complexity index is 1150. The number of benzene rings is 2. The standard InChI is InChI=1S/C22H19N3O2/c1-15-12-13-18-20(27)19(14-26)22(24-16-8-4-2-5-9-16)25(21(18)23-15)17-10-6-3-7-11-17/h2-13,24,26H,14H2,1H3. The molecule has 0 aliphatic carbocycles. The van der Waals surface area contributed by atoms with E-state index >= 15 is 0 Å². The van der Waals surface area contributed by atoms with Crippen LogP contribution in [0.25, 0.3) is 16.7 Å². The number of nitrogens with zero attached hydrogens (tertiary/aromatic N) is 2. The van der Waals surface area contributed by atoms with Gasteiger partial charge in [-0.1, -0.05) is 36.4 Å². The minimum absolute atomic E-state index is 0.217. The van der Waals surface area contributed by atoms with E-state index in [9.17, 15) is 9.90 Å². The van der Waals surface area contributed by atoms with E-state index in [1.165, 1.54) is 0 Å². The summed E-state index contributed by atoms with van der Waals surface area (Å²) in [5, 5.41) is 13.8. The predicted molar refractivity (Wildman–Crippen MR) is 108 cm³/mol. The van der Waals surface area contributed by atoms with Gasteiger partial charge in [-0.3, -0.25) is 9.36 Å². The zero-order valence-electron chi connectivity index (χ0n) is 14.9. The number of nitrogens with one attached hydrogen (secondary N) is 1. The van der Waals surface area contributed by atoms with Crippen molar-refractivity contribution in [3.63, 3.8) is 0 Å². The first kappa shape index (κ1) is 17.0. The van der Waals surface area contributed by atoms with Gasteiger partial charge in [-0.25, -0.2) is 4.98 Å². The number of hydrogen-bond acceptors (Lipinski definition) is 4. The lowest BCUT2D eigenvalue weighted by Crippen LogP contribution is -2.20. The van der Waals surface area contributed by atoms with Crippen LogP contribution in [0.5, 0.6) is 0 Å². The number of aryl methyl sites for hydroxylation is 1. The molecular formula is C22H19N3O2. The zero-order valence-corrected chi connectivity index (χ0v) is 14.9. The molecule has 27 heavy (non-hydrogen) atoms. The van der Waals surface area contributed by atoms with Crippen molar-refractivity contribution in [2.24, 2.45) is 0 Å². The maximum Gasteiger partial charge on any atom is 0.198 e. The molecule has 0 radical (unpaired) electrons. The molecule has 0 saturated heterocycles. The molecule has 2 aromatic carbocycles. The average molecular weight is 357 g/mol. The minimum atomic E-state index is -0.370. The second-order valence-electron chi connectivity index (χ2n) is 6.30. The Balaban J connectivity index is 2.11. The molecule has 0 atom stereocenters. The van der Waals surface area contributed by atoms with Gasteiger partial charge >= 0.3 is 0 Å². The molecule has 5 nitrogen and oxygen atoms in total. The highest BCUT2D eigenvalue weighted by Crippen LogP contribution is 2.27. The summed E-state index contributed by atoms with van der Waals surface area (Å²) in [5.41, 5.74) is 3.14. The van der Waals surface area contributed by atoms with Crippen molar-refractivity contribution in [1.82, 2.24) is 9.55 Å². The number of rotatable bonds is 4. The summed E-state index contributed by atoms with van der Waals surface area (Å²) < 4.78 is 1.89. The molecule has 4 aromatic rings. The Morgan fingerprint density at radius 3 is 2.30 bits per heavy atom. The lowest BCUT2D eigenvalue weighted by atomic mass is 10.1. The first-order valence-corrected chi connectivity index (χ1v) is 8.72. The van der Waals surface area contributed by atoms with Gasteiger partial charge in [0.25, 0.3) is 0 Å². The Labute approximate surface area is 156 Å². The van der Waals surface area contributed by atoms with Gasteiger partial charge in [-0.05, 0) is 43.3 Å². The van der Waals surface area contributed by atoms with E-state index in [1.54, 1.807) is 6.07 Å². The summed E-state index contributed by atoms with van der Waals surface area (Å²) in [6.07, 6.45) is 0. The van der Waals surface area contributed by atoms with Gasteiger partial charge in [0.15, 0.2) is 5.43 Å². The summed E-state index contributed by atoms with van der Waals surface area (Å²) in [6.45, 7) is 1.52. The lowest BCUT2D eigenvalue weighted by Gasteiger charge is -2.20. The maximum absolute atomic E-state index is 13.0. The van der Waals surface area contributed by atoms with Gasteiger partial charge in [-0.2, -0.15) is 0 Å². The molecule has 0 spiro atoms. The van der Waals surface area contributed by atoms with E-state index in [0.29, 0.717) is 22.4 Å². The Hall–Kier alpha value is -3.44. The van der Waals surface area contributed by atoms with Crippen LogP contribution in [0.4, 0.5) is 11.5 Å². The Morgan fingerprint density at radius 2 is 1.63 bits per heavy atom. The van der Waals surface area contributed by atoms with E-state index in [4.69, 9.17) is 0 Å². The molecule has 0 bridgehead atoms. The third kappa shape index (κ3) is 3.09. The van der Waals surface area contributed by atoms with Gasteiger partial charge in [-0.15, -0.1) is 0 Å². The van der Waals surface area contributed by atoms with Gasteiger partial charge < -0.3 is 10.4 Å². The number of aliphatic hydroxyl groups is 1. The van der Waals surface area contributed by atoms with Crippen LogP contribution in [0.2, 0.25) is 0 Å². The van der Waals surface area contributed by atoms with E-state index in [1.807, 2.05) is 78.2 Å². The summed E-state index contributed by atoms with van der Waals surface area (Å²) in [7, 11) is 0. The summed E-state index contributed by atoms with van der Waals surface area (Å²) in [6, 6.07) is 22.8. The fourth-order valence-electron chi connectivity index (χ4n) is 3.17. The number of para-hydroxylation sites is 2. The smallest absolute Gasteiger partial charge is 0.198 e. The highest BCUT2D eigenvalue weighted by Gasteiger charge is 2.19. The molecule has 0 fully saturated rings. The van der Waals surface area contributed by atoms with Crippen LogP contribution in [0.15, 0.2) is 77.6 Å². The molecule has 134 valence electrons. The molecule has 0 unspecified atom stereocenters. The van der Waals surface area contributed by atoms with E-state index in [-0.39, 0.29) is 12.0 Å². The minimum Gasteiger partial charge on any atom is -0.391 e. The van der Waals surface area contributed by atoms with Crippen LogP contribution in [-0.4, -0.2) is 14.7 Å². The molecule has 0 aliphatic heterocycles. The van der Waals surface area contributed by atoms with Crippen molar-refractivity contribution in [2.45, 2.75) is 13.5 Å². The third-order valence-corrected chi connectivity index (χ3v) is 4.46. The Kier molecular flexibility index (Phi) is 4.44. The molecule has 0 amide bonds. The molecule has 4 rings (SSSR count). The number of pyridine rings is 2. The zero-order chi connectivity index (χ0) is 18.8. The van der Waals surface area contributed by atoms with E-state index in [0.717, 1.165) is 17.1 Å². The normalized spacial score (nSPS) is 10.9. The fourth-order valence-corrected chi connectivity index (χ4v) is 3.17. The largest absolute Gasteiger partial charge is 0.391 e. The van der Waals surface area contributed by atoms with Crippen LogP contribution in [0.3, 0.4) is 0 Å². The van der Waals surface area contributed by atoms with Crippen LogP contribution in [-0.2, 0) is 6.61 Å². The second kappa shape index (κ2) is 7.05. The van der Waals surface area contributed by atoms with Crippen molar-refractivity contribution in [2.75, 3.05) is 5.32 Å². The van der Waals surface area contributed by atoms with Gasteiger partial charge in [0.05, 0.1) is 17.6 Å². The molecule has 2 heterocycles. The average Bonchev–Trinajstić information content (AvgIpc) is 2.70. The molecule has 2 N–H and O–H groups in total. The summed E-state index contributed by atoms with van der Waals surface area (Å²) >= 11 is 0. The first-order chi connectivity index (χ1) is 13.2. The number of aromatic nitrogens is 2. The second-order valence-corrected chi connectivity index (χ2v) is 6.30. The van der Waals surface area contributed by atoms with Crippen LogP contribution >= 0.6 is 0 Å². The van der Waals surface area contributed by atoms with E-state index in [2.05, 4.69) is 10.3 Å².